The standard InChI is InChI=1S/C15H19N3O2S/c1-10-7-18(8-11(2)20-10)9-14(19)17-15-16-12-5-3-4-6-13(12)21-15/h3-6,10-11H,7-9H2,1-2H3,(H,16,17,19)/p+1/t10-,11-/m1/s1. The maximum Gasteiger partial charge on any atom is 0.281 e. The van der Waals surface area contributed by atoms with E-state index < -0.39 is 0 Å². The predicted octanol–water partition coefficient (Wildman–Crippen LogP) is 0.927. The van der Waals surface area contributed by atoms with Crippen LogP contribution in [0.3, 0.4) is 0 Å². The van der Waals surface area contributed by atoms with E-state index in [9.17, 15) is 4.79 Å². The summed E-state index contributed by atoms with van der Waals surface area (Å²) >= 11 is 1.51. The SMILES string of the molecule is C[C@@H]1C[NH+](CC(=O)Nc2nc3ccccc3s2)C[C@@H](C)O1. The molecule has 0 spiro atoms. The molecule has 1 saturated heterocycles. The van der Waals surface area contributed by atoms with Crippen LogP contribution in [0.25, 0.3) is 10.2 Å². The van der Waals surface area contributed by atoms with Gasteiger partial charge < -0.3 is 9.64 Å². The largest absolute Gasteiger partial charge is 0.364 e. The van der Waals surface area contributed by atoms with E-state index in [1.807, 2.05) is 24.3 Å². The Labute approximate surface area is 127 Å². The van der Waals surface area contributed by atoms with Crippen molar-refractivity contribution in [2.75, 3.05) is 25.0 Å². The van der Waals surface area contributed by atoms with Gasteiger partial charge in [0.1, 0.15) is 25.3 Å². The highest BCUT2D eigenvalue weighted by Crippen LogP contribution is 2.25. The molecule has 1 aromatic heterocycles. The number of hydrogen-bond donors (Lipinski definition) is 2. The summed E-state index contributed by atoms with van der Waals surface area (Å²) in [6, 6.07) is 7.90. The second kappa shape index (κ2) is 6.09. The first kappa shape index (κ1) is 14.4. The number of rotatable bonds is 3. The van der Waals surface area contributed by atoms with Crippen LogP contribution in [0, 0.1) is 0 Å². The van der Waals surface area contributed by atoms with Gasteiger partial charge in [-0.15, -0.1) is 0 Å². The van der Waals surface area contributed by atoms with Crippen LogP contribution in [0.2, 0.25) is 0 Å². The zero-order valence-corrected chi connectivity index (χ0v) is 13.1. The number of amides is 1. The maximum atomic E-state index is 12.2. The van der Waals surface area contributed by atoms with Crippen molar-refractivity contribution in [3.8, 4) is 0 Å². The minimum Gasteiger partial charge on any atom is -0.364 e. The lowest BCUT2D eigenvalue weighted by atomic mass is 10.2. The van der Waals surface area contributed by atoms with Gasteiger partial charge in [-0.1, -0.05) is 23.5 Å². The fourth-order valence-electron chi connectivity index (χ4n) is 2.85. The van der Waals surface area contributed by atoms with Crippen molar-refractivity contribution >= 4 is 32.6 Å². The van der Waals surface area contributed by atoms with E-state index in [0.29, 0.717) is 11.7 Å². The van der Waals surface area contributed by atoms with E-state index in [1.165, 1.54) is 16.2 Å². The molecular weight excluding hydrogens is 286 g/mol. The number of morpholine rings is 1. The molecule has 5 nitrogen and oxygen atoms in total. The third-order valence-electron chi connectivity index (χ3n) is 3.57. The van der Waals surface area contributed by atoms with E-state index in [-0.39, 0.29) is 18.1 Å². The molecule has 2 N–H and O–H groups in total. The van der Waals surface area contributed by atoms with Crippen molar-refractivity contribution in [3.63, 3.8) is 0 Å². The number of benzene rings is 1. The molecule has 0 radical (unpaired) electrons. The van der Waals surface area contributed by atoms with Crippen LogP contribution in [0.1, 0.15) is 13.8 Å². The predicted molar refractivity (Wildman–Crippen MR) is 83.8 cm³/mol. The molecule has 2 aromatic rings. The van der Waals surface area contributed by atoms with E-state index >= 15 is 0 Å². The van der Waals surface area contributed by atoms with Crippen molar-refractivity contribution < 1.29 is 14.4 Å². The third-order valence-corrected chi connectivity index (χ3v) is 4.52. The Morgan fingerprint density at radius 3 is 2.81 bits per heavy atom. The van der Waals surface area contributed by atoms with Crippen LogP contribution >= 0.6 is 11.3 Å². The van der Waals surface area contributed by atoms with E-state index in [0.717, 1.165) is 23.3 Å². The van der Waals surface area contributed by atoms with Gasteiger partial charge in [0.2, 0.25) is 0 Å². The Bertz CT molecular complexity index is 600. The molecule has 1 aliphatic heterocycles. The van der Waals surface area contributed by atoms with Crippen LogP contribution < -0.4 is 10.2 Å². The lowest BCUT2D eigenvalue weighted by Crippen LogP contribution is -3.16. The van der Waals surface area contributed by atoms with Gasteiger partial charge in [-0.2, -0.15) is 0 Å². The summed E-state index contributed by atoms with van der Waals surface area (Å²) in [5, 5.41) is 3.59. The smallest absolute Gasteiger partial charge is 0.281 e. The van der Waals surface area contributed by atoms with Crippen LogP contribution in [0.4, 0.5) is 5.13 Å². The lowest BCUT2D eigenvalue weighted by molar-refractivity contribution is -0.907. The zero-order valence-electron chi connectivity index (χ0n) is 12.3. The quantitative estimate of drug-likeness (QED) is 0.887. The maximum absolute atomic E-state index is 12.2. The zero-order chi connectivity index (χ0) is 14.8. The third kappa shape index (κ3) is 3.58. The second-order valence-corrected chi connectivity index (χ2v) is 6.66. The molecule has 6 heteroatoms. The average molecular weight is 306 g/mol. The van der Waals surface area contributed by atoms with Gasteiger partial charge in [0, 0.05) is 0 Å². The van der Waals surface area contributed by atoms with Crippen LogP contribution in [-0.4, -0.2) is 42.7 Å². The molecule has 1 aliphatic rings. The molecule has 1 amide bonds. The summed E-state index contributed by atoms with van der Waals surface area (Å²) in [6.45, 7) is 6.32. The molecule has 1 aromatic carbocycles. The first-order chi connectivity index (χ1) is 10.1. The highest BCUT2D eigenvalue weighted by atomic mass is 32.1. The summed E-state index contributed by atoms with van der Waals surface area (Å²) in [5.74, 6) is 0.0188. The lowest BCUT2D eigenvalue weighted by Gasteiger charge is -2.31. The number of nitrogens with zero attached hydrogens (tertiary/aromatic N) is 1. The van der Waals surface area contributed by atoms with E-state index in [4.69, 9.17) is 4.74 Å². The topological polar surface area (TPSA) is 55.7 Å². The molecular formula is C15H20N3O2S+. The van der Waals surface area contributed by atoms with Crippen LogP contribution in [0.5, 0.6) is 0 Å². The van der Waals surface area contributed by atoms with Crippen molar-refractivity contribution in [2.24, 2.45) is 0 Å². The van der Waals surface area contributed by atoms with Crippen LogP contribution in [-0.2, 0) is 9.53 Å². The van der Waals surface area contributed by atoms with Crippen molar-refractivity contribution in [2.45, 2.75) is 26.1 Å². The second-order valence-electron chi connectivity index (χ2n) is 5.63. The molecule has 0 bridgehead atoms. The summed E-state index contributed by atoms with van der Waals surface area (Å²) in [7, 11) is 0. The Balaban J connectivity index is 1.61. The number of para-hydroxylation sites is 1. The van der Waals surface area contributed by atoms with Gasteiger partial charge in [0.05, 0.1) is 10.2 Å². The number of hydrogen-bond acceptors (Lipinski definition) is 4. The molecule has 2 heterocycles. The Hall–Kier alpha value is -1.50. The minimum atomic E-state index is 0.0188. The Morgan fingerprint density at radius 2 is 2.10 bits per heavy atom. The van der Waals surface area contributed by atoms with Gasteiger partial charge in [-0.3, -0.25) is 10.1 Å². The van der Waals surface area contributed by atoms with Crippen molar-refractivity contribution in [3.05, 3.63) is 24.3 Å². The minimum absolute atomic E-state index is 0.0188. The molecule has 0 unspecified atom stereocenters. The van der Waals surface area contributed by atoms with Gasteiger partial charge in [0.15, 0.2) is 11.7 Å². The van der Waals surface area contributed by atoms with Gasteiger partial charge in [0.25, 0.3) is 5.91 Å². The number of nitrogens with one attached hydrogen (secondary N) is 2. The van der Waals surface area contributed by atoms with Gasteiger partial charge in [-0.25, -0.2) is 4.98 Å². The van der Waals surface area contributed by atoms with Gasteiger partial charge in [-0.05, 0) is 26.0 Å². The number of anilines is 1. The molecule has 0 aliphatic carbocycles. The first-order valence-electron chi connectivity index (χ1n) is 7.24. The summed E-state index contributed by atoms with van der Waals surface area (Å²) in [6.07, 6.45) is 0.415. The Morgan fingerprint density at radius 1 is 1.38 bits per heavy atom. The molecule has 112 valence electrons. The molecule has 0 saturated carbocycles. The fraction of sp³-hybridized carbons (Fsp3) is 0.467. The number of aromatic nitrogens is 1. The van der Waals surface area contributed by atoms with E-state index in [1.54, 1.807) is 0 Å². The monoisotopic (exact) mass is 306 g/mol. The van der Waals surface area contributed by atoms with Crippen molar-refractivity contribution in [1.82, 2.24) is 4.98 Å². The summed E-state index contributed by atoms with van der Waals surface area (Å²) in [5.41, 5.74) is 0.929. The number of carbonyl (C=O) groups excluding carboxylic acids is 1. The molecule has 2 atom stereocenters. The van der Waals surface area contributed by atoms with E-state index in [2.05, 4.69) is 24.1 Å². The number of ether oxygens (including phenoxy) is 1. The van der Waals surface area contributed by atoms with Crippen LogP contribution in [0.15, 0.2) is 24.3 Å². The molecule has 3 rings (SSSR count). The summed E-state index contributed by atoms with van der Waals surface area (Å²) < 4.78 is 6.78. The normalized spacial score (nSPS) is 25.9. The highest BCUT2D eigenvalue weighted by molar-refractivity contribution is 7.22. The van der Waals surface area contributed by atoms with Crippen molar-refractivity contribution in [1.29, 1.82) is 0 Å². The highest BCUT2D eigenvalue weighted by Gasteiger charge is 2.27. The van der Waals surface area contributed by atoms with Gasteiger partial charge >= 0.3 is 0 Å². The summed E-state index contributed by atoms with van der Waals surface area (Å²) in [4.78, 5) is 17.9. The number of fused-ring (bicyclic) bond motifs is 1. The number of carbonyl (C=O) groups is 1. The average Bonchev–Trinajstić information content (AvgIpc) is 2.78. The molecule has 1 fully saturated rings. The first-order valence-corrected chi connectivity index (χ1v) is 8.06. The number of thiazole rings is 1. The molecule has 21 heavy (non-hydrogen) atoms. The number of quaternary nitrogens is 1. The fourth-order valence-corrected chi connectivity index (χ4v) is 3.73. The Kier molecular flexibility index (Phi) is 4.19.